The molecule has 2 fully saturated rings. The zero-order valence-electron chi connectivity index (χ0n) is 14.8. The van der Waals surface area contributed by atoms with Crippen LogP contribution in [0.4, 0.5) is 0 Å². The maximum atomic E-state index is 12.6. The summed E-state index contributed by atoms with van der Waals surface area (Å²) in [7, 11) is -3.40. The number of piperidine rings is 2. The molecule has 3 rings (SSSR count). The van der Waals surface area contributed by atoms with E-state index in [0.717, 1.165) is 12.8 Å². The number of hydrazine groups is 1. The largest absolute Gasteiger partial charge is 0.288 e. The summed E-state index contributed by atoms with van der Waals surface area (Å²) < 4.78 is 27.0. The Labute approximate surface area is 154 Å². The molecule has 0 aliphatic carbocycles. The fourth-order valence-corrected chi connectivity index (χ4v) is 6.37. The van der Waals surface area contributed by atoms with Gasteiger partial charge in [-0.1, -0.05) is 12.5 Å². The minimum absolute atomic E-state index is 0.0359. The van der Waals surface area contributed by atoms with Gasteiger partial charge in [-0.05, 0) is 51.0 Å². The molecule has 25 heavy (non-hydrogen) atoms. The highest BCUT2D eigenvalue weighted by Crippen LogP contribution is 2.27. The van der Waals surface area contributed by atoms with Crippen molar-refractivity contribution < 1.29 is 13.2 Å². The Morgan fingerprint density at radius 2 is 1.80 bits per heavy atom. The minimum Gasteiger partial charge on any atom is -0.288 e. The summed E-state index contributed by atoms with van der Waals surface area (Å²) in [6.07, 6.45) is 4.55. The van der Waals surface area contributed by atoms with Crippen LogP contribution in [0.5, 0.6) is 0 Å². The van der Waals surface area contributed by atoms with Crippen molar-refractivity contribution in [3.63, 3.8) is 0 Å². The fraction of sp³-hybridized carbons (Fsp3) is 0.706. The van der Waals surface area contributed by atoms with E-state index >= 15 is 0 Å². The van der Waals surface area contributed by atoms with Crippen LogP contribution in [0.3, 0.4) is 0 Å². The third-order valence-corrected chi connectivity index (χ3v) is 8.62. The van der Waals surface area contributed by atoms with Crippen LogP contribution < -0.4 is 5.43 Å². The molecular formula is C17H27N3O3S2. The van der Waals surface area contributed by atoms with E-state index < -0.39 is 10.0 Å². The first-order chi connectivity index (χ1) is 11.9. The Bertz CT molecular complexity index is 672. The predicted molar refractivity (Wildman–Crippen MR) is 98.6 cm³/mol. The molecule has 6 nitrogen and oxygen atoms in total. The van der Waals surface area contributed by atoms with Crippen molar-refractivity contribution in [2.75, 3.05) is 13.1 Å². The number of carbonyl (C=O) groups excluding carboxylic acids is 1. The van der Waals surface area contributed by atoms with Crippen LogP contribution in [-0.4, -0.2) is 48.8 Å². The summed E-state index contributed by atoms with van der Waals surface area (Å²) in [5, 5.41) is 3.86. The monoisotopic (exact) mass is 385 g/mol. The van der Waals surface area contributed by atoms with Gasteiger partial charge in [0, 0.05) is 31.1 Å². The van der Waals surface area contributed by atoms with Crippen LogP contribution >= 0.6 is 11.3 Å². The zero-order valence-corrected chi connectivity index (χ0v) is 16.5. The molecule has 2 atom stereocenters. The van der Waals surface area contributed by atoms with Crippen LogP contribution in [0, 0.1) is 5.92 Å². The van der Waals surface area contributed by atoms with Crippen LogP contribution in [-0.2, 0) is 14.8 Å². The van der Waals surface area contributed by atoms with Gasteiger partial charge in [0.2, 0.25) is 5.91 Å². The molecular weight excluding hydrogens is 358 g/mol. The summed E-state index contributed by atoms with van der Waals surface area (Å²) in [5.41, 5.74) is 3.10. The number of sulfonamides is 1. The topological polar surface area (TPSA) is 69.7 Å². The SMILES string of the molecule is C[C@@H]1CCC[C@@H](C)N1NC(=O)C1CCN(S(=O)(=O)c2cccs2)CC1. The Hall–Kier alpha value is -0.960. The molecule has 1 aromatic heterocycles. The van der Waals surface area contributed by atoms with Gasteiger partial charge in [0.05, 0.1) is 0 Å². The molecule has 1 amide bonds. The van der Waals surface area contributed by atoms with Gasteiger partial charge in [-0.25, -0.2) is 13.4 Å². The van der Waals surface area contributed by atoms with Gasteiger partial charge in [0.1, 0.15) is 4.21 Å². The lowest BCUT2D eigenvalue weighted by Crippen LogP contribution is -2.56. The number of hydrogen-bond acceptors (Lipinski definition) is 5. The van der Waals surface area contributed by atoms with Crippen molar-refractivity contribution in [2.24, 2.45) is 5.92 Å². The average Bonchev–Trinajstić information content (AvgIpc) is 3.14. The number of rotatable bonds is 4. The minimum atomic E-state index is -3.40. The lowest BCUT2D eigenvalue weighted by atomic mass is 9.96. The first-order valence-corrected chi connectivity index (χ1v) is 11.3. The number of nitrogens with zero attached hydrogens (tertiary/aromatic N) is 2. The maximum absolute atomic E-state index is 12.6. The Balaban J connectivity index is 1.56. The van der Waals surface area contributed by atoms with Crippen molar-refractivity contribution in [3.8, 4) is 0 Å². The average molecular weight is 386 g/mol. The molecule has 0 bridgehead atoms. The molecule has 2 aliphatic heterocycles. The summed E-state index contributed by atoms with van der Waals surface area (Å²) in [6.45, 7) is 5.10. The number of carbonyl (C=O) groups is 1. The summed E-state index contributed by atoms with van der Waals surface area (Å²) in [5.74, 6) is -0.0788. The normalized spacial score (nSPS) is 27.3. The van der Waals surface area contributed by atoms with Crippen LogP contribution in [0.2, 0.25) is 0 Å². The smallest absolute Gasteiger partial charge is 0.252 e. The van der Waals surface area contributed by atoms with Gasteiger partial charge in [-0.15, -0.1) is 11.3 Å². The molecule has 0 aromatic carbocycles. The van der Waals surface area contributed by atoms with E-state index in [9.17, 15) is 13.2 Å². The Morgan fingerprint density at radius 3 is 2.36 bits per heavy atom. The molecule has 0 unspecified atom stereocenters. The van der Waals surface area contributed by atoms with Gasteiger partial charge in [0.25, 0.3) is 10.0 Å². The van der Waals surface area contributed by atoms with Crippen molar-refractivity contribution in [1.82, 2.24) is 14.7 Å². The zero-order chi connectivity index (χ0) is 18.0. The molecule has 8 heteroatoms. The van der Waals surface area contributed by atoms with E-state index in [1.54, 1.807) is 17.5 Å². The van der Waals surface area contributed by atoms with Crippen molar-refractivity contribution in [1.29, 1.82) is 0 Å². The first kappa shape index (κ1) is 18.8. The third-order valence-electron chi connectivity index (χ3n) is 5.35. The van der Waals surface area contributed by atoms with E-state index in [1.807, 2.05) is 0 Å². The van der Waals surface area contributed by atoms with Gasteiger partial charge < -0.3 is 0 Å². The maximum Gasteiger partial charge on any atom is 0.252 e. The Kier molecular flexibility index (Phi) is 5.82. The number of thiophene rings is 1. The highest BCUT2D eigenvalue weighted by Gasteiger charge is 2.34. The standard InChI is InChI=1S/C17H27N3O3S2/c1-13-5-3-6-14(2)20(13)18-17(21)15-8-10-19(11-9-15)25(22,23)16-7-4-12-24-16/h4,7,12-15H,3,5-6,8-11H2,1-2H3,(H,18,21)/t13-,14-/m1/s1. The van der Waals surface area contributed by atoms with Crippen molar-refractivity contribution >= 4 is 27.3 Å². The van der Waals surface area contributed by atoms with Gasteiger partial charge in [-0.3, -0.25) is 10.2 Å². The van der Waals surface area contributed by atoms with E-state index in [0.29, 0.717) is 42.2 Å². The van der Waals surface area contributed by atoms with E-state index in [1.165, 1.54) is 22.1 Å². The van der Waals surface area contributed by atoms with Crippen LogP contribution in [0.25, 0.3) is 0 Å². The van der Waals surface area contributed by atoms with Crippen molar-refractivity contribution in [2.45, 2.75) is 62.2 Å². The lowest BCUT2D eigenvalue weighted by molar-refractivity contribution is -0.134. The quantitative estimate of drug-likeness (QED) is 0.864. The predicted octanol–water partition coefficient (Wildman–Crippen LogP) is 2.44. The second-order valence-corrected chi connectivity index (χ2v) is 10.2. The third kappa shape index (κ3) is 4.07. The number of nitrogens with one attached hydrogen (secondary N) is 1. The van der Waals surface area contributed by atoms with Gasteiger partial charge in [0.15, 0.2) is 0 Å². The Morgan fingerprint density at radius 1 is 1.16 bits per heavy atom. The molecule has 140 valence electrons. The molecule has 1 N–H and O–H groups in total. The molecule has 0 spiro atoms. The summed E-state index contributed by atoms with van der Waals surface area (Å²) in [4.78, 5) is 12.6. The summed E-state index contributed by atoms with van der Waals surface area (Å²) in [6, 6.07) is 4.09. The van der Waals surface area contributed by atoms with Gasteiger partial charge >= 0.3 is 0 Å². The highest BCUT2D eigenvalue weighted by molar-refractivity contribution is 7.91. The van der Waals surface area contributed by atoms with E-state index in [4.69, 9.17) is 0 Å². The molecule has 0 saturated carbocycles. The number of amides is 1. The van der Waals surface area contributed by atoms with E-state index in [-0.39, 0.29) is 11.8 Å². The number of hydrogen-bond donors (Lipinski definition) is 1. The first-order valence-electron chi connectivity index (χ1n) is 9.02. The van der Waals surface area contributed by atoms with Crippen LogP contribution in [0.1, 0.15) is 46.0 Å². The summed E-state index contributed by atoms with van der Waals surface area (Å²) >= 11 is 1.24. The van der Waals surface area contributed by atoms with E-state index in [2.05, 4.69) is 24.3 Å². The van der Waals surface area contributed by atoms with Crippen molar-refractivity contribution in [3.05, 3.63) is 17.5 Å². The molecule has 2 aliphatic rings. The second kappa shape index (κ2) is 7.73. The fourth-order valence-electron chi connectivity index (χ4n) is 3.76. The molecule has 3 heterocycles. The molecule has 2 saturated heterocycles. The molecule has 0 radical (unpaired) electrons. The van der Waals surface area contributed by atoms with Gasteiger partial charge in [-0.2, -0.15) is 4.31 Å². The lowest BCUT2D eigenvalue weighted by Gasteiger charge is -2.40. The highest BCUT2D eigenvalue weighted by atomic mass is 32.2. The second-order valence-electron chi connectivity index (χ2n) is 7.12. The molecule has 1 aromatic rings. The van der Waals surface area contributed by atoms with Crippen LogP contribution in [0.15, 0.2) is 21.7 Å².